The molecular weight excluding hydrogens is 292 g/mol. The SMILES string of the molecule is Cc1c(CNC(=O)C2CCCN2C(=O)CC(C)(C)C)cnn1C. The Bertz CT molecular complexity index is 586. The maximum Gasteiger partial charge on any atom is 0.243 e. The van der Waals surface area contributed by atoms with Gasteiger partial charge in [-0.15, -0.1) is 0 Å². The number of nitrogens with one attached hydrogen (secondary N) is 1. The van der Waals surface area contributed by atoms with E-state index in [-0.39, 0.29) is 23.3 Å². The second kappa shape index (κ2) is 6.72. The summed E-state index contributed by atoms with van der Waals surface area (Å²) in [5, 5.41) is 7.13. The van der Waals surface area contributed by atoms with Gasteiger partial charge in [0.2, 0.25) is 11.8 Å². The molecule has 1 saturated heterocycles. The van der Waals surface area contributed by atoms with Gasteiger partial charge >= 0.3 is 0 Å². The van der Waals surface area contributed by atoms with Crippen LogP contribution in [-0.2, 0) is 23.2 Å². The normalized spacial score (nSPS) is 18.3. The lowest BCUT2D eigenvalue weighted by Gasteiger charge is -2.27. The Balaban J connectivity index is 1.95. The molecule has 1 aliphatic rings. The molecule has 23 heavy (non-hydrogen) atoms. The standard InChI is InChI=1S/C17H28N4O2/c1-12-13(11-19-20(12)5)10-18-16(23)14-7-6-8-21(14)15(22)9-17(2,3)4/h11,14H,6-10H2,1-5H3,(H,18,23). The van der Waals surface area contributed by atoms with Crippen molar-refractivity contribution in [2.45, 2.75) is 59.5 Å². The van der Waals surface area contributed by atoms with E-state index in [0.717, 1.165) is 24.1 Å². The summed E-state index contributed by atoms with van der Waals surface area (Å²) in [5.74, 6) is 0.0146. The zero-order chi connectivity index (χ0) is 17.2. The van der Waals surface area contributed by atoms with Gasteiger partial charge in [-0.2, -0.15) is 5.10 Å². The first-order valence-corrected chi connectivity index (χ1v) is 8.24. The molecule has 1 aliphatic heterocycles. The quantitative estimate of drug-likeness (QED) is 0.919. The minimum Gasteiger partial charge on any atom is -0.350 e. The number of hydrogen-bond donors (Lipinski definition) is 1. The molecule has 1 aromatic heterocycles. The highest BCUT2D eigenvalue weighted by Crippen LogP contribution is 2.24. The van der Waals surface area contributed by atoms with Crippen LogP contribution < -0.4 is 5.32 Å². The molecule has 1 N–H and O–H groups in total. The fraction of sp³-hybridized carbons (Fsp3) is 0.706. The van der Waals surface area contributed by atoms with Gasteiger partial charge in [-0.05, 0) is 25.2 Å². The second-order valence-electron chi connectivity index (χ2n) is 7.58. The zero-order valence-corrected chi connectivity index (χ0v) is 14.8. The number of hydrogen-bond acceptors (Lipinski definition) is 3. The van der Waals surface area contributed by atoms with Crippen molar-refractivity contribution in [3.63, 3.8) is 0 Å². The predicted octanol–water partition coefficient (Wildman–Crippen LogP) is 1.77. The minimum absolute atomic E-state index is 0.0620. The molecule has 0 saturated carbocycles. The number of rotatable bonds is 4. The van der Waals surface area contributed by atoms with Crippen molar-refractivity contribution >= 4 is 11.8 Å². The Morgan fingerprint density at radius 2 is 2.09 bits per heavy atom. The summed E-state index contributed by atoms with van der Waals surface area (Å²) in [6.45, 7) is 9.24. The molecule has 6 nitrogen and oxygen atoms in total. The minimum atomic E-state index is -0.332. The number of aryl methyl sites for hydroxylation is 1. The van der Waals surface area contributed by atoms with Gasteiger partial charge in [-0.25, -0.2) is 0 Å². The van der Waals surface area contributed by atoms with Crippen LogP contribution in [0, 0.1) is 12.3 Å². The van der Waals surface area contributed by atoms with Crippen molar-refractivity contribution < 1.29 is 9.59 Å². The number of nitrogens with zero attached hydrogens (tertiary/aromatic N) is 3. The summed E-state index contributed by atoms with van der Waals surface area (Å²) >= 11 is 0. The van der Waals surface area contributed by atoms with Crippen molar-refractivity contribution in [3.8, 4) is 0 Å². The van der Waals surface area contributed by atoms with E-state index in [1.165, 1.54) is 0 Å². The first-order chi connectivity index (χ1) is 10.7. The van der Waals surface area contributed by atoms with Gasteiger partial charge in [0.25, 0.3) is 0 Å². The highest BCUT2D eigenvalue weighted by Gasteiger charge is 2.35. The van der Waals surface area contributed by atoms with E-state index in [2.05, 4.69) is 10.4 Å². The molecule has 1 fully saturated rings. The summed E-state index contributed by atoms with van der Waals surface area (Å²) in [6.07, 6.45) is 3.87. The maximum atomic E-state index is 12.5. The van der Waals surface area contributed by atoms with Crippen LogP contribution in [0.3, 0.4) is 0 Å². The predicted molar refractivity (Wildman–Crippen MR) is 88.6 cm³/mol. The summed E-state index contributed by atoms with van der Waals surface area (Å²) in [4.78, 5) is 26.7. The fourth-order valence-corrected chi connectivity index (χ4v) is 2.91. The number of carbonyl (C=O) groups is 2. The molecule has 128 valence electrons. The summed E-state index contributed by atoms with van der Waals surface area (Å²) < 4.78 is 1.79. The molecule has 0 aliphatic carbocycles. The summed E-state index contributed by atoms with van der Waals surface area (Å²) in [7, 11) is 1.88. The van der Waals surface area contributed by atoms with Crippen LogP contribution in [0.1, 0.15) is 51.3 Å². The largest absolute Gasteiger partial charge is 0.350 e. The van der Waals surface area contributed by atoms with Crippen molar-refractivity contribution in [3.05, 3.63) is 17.5 Å². The first-order valence-electron chi connectivity index (χ1n) is 8.24. The molecule has 1 aromatic rings. The van der Waals surface area contributed by atoms with Crippen LogP contribution in [0.2, 0.25) is 0 Å². The maximum absolute atomic E-state index is 12.5. The Kier molecular flexibility index (Phi) is 5.12. The zero-order valence-electron chi connectivity index (χ0n) is 14.8. The smallest absolute Gasteiger partial charge is 0.243 e. The van der Waals surface area contributed by atoms with Gasteiger partial charge in [-0.1, -0.05) is 20.8 Å². The van der Waals surface area contributed by atoms with E-state index in [1.807, 2.05) is 34.7 Å². The molecular formula is C17H28N4O2. The average molecular weight is 320 g/mol. The lowest BCUT2D eigenvalue weighted by molar-refractivity contribution is -0.139. The Morgan fingerprint density at radius 1 is 1.39 bits per heavy atom. The average Bonchev–Trinajstić information content (AvgIpc) is 3.04. The third kappa shape index (κ3) is 4.33. The number of amides is 2. The van der Waals surface area contributed by atoms with Gasteiger partial charge < -0.3 is 10.2 Å². The van der Waals surface area contributed by atoms with Crippen molar-refractivity contribution in [2.75, 3.05) is 6.54 Å². The molecule has 0 spiro atoms. The summed E-state index contributed by atoms with van der Waals surface area (Å²) in [6, 6.07) is -0.332. The van der Waals surface area contributed by atoms with Crippen molar-refractivity contribution in [2.24, 2.45) is 12.5 Å². The van der Waals surface area contributed by atoms with Gasteiger partial charge in [0.05, 0.1) is 6.20 Å². The highest BCUT2D eigenvalue weighted by molar-refractivity contribution is 5.88. The highest BCUT2D eigenvalue weighted by atomic mass is 16.2. The van der Waals surface area contributed by atoms with E-state index in [4.69, 9.17) is 0 Å². The molecule has 2 rings (SSSR count). The summed E-state index contributed by atoms with van der Waals surface area (Å²) in [5.41, 5.74) is 1.98. The third-order valence-corrected chi connectivity index (χ3v) is 4.35. The Hall–Kier alpha value is -1.85. The van der Waals surface area contributed by atoms with E-state index in [1.54, 1.807) is 15.8 Å². The number of likely N-dealkylation sites (tertiary alicyclic amines) is 1. The number of aromatic nitrogens is 2. The Morgan fingerprint density at radius 3 is 2.65 bits per heavy atom. The lowest BCUT2D eigenvalue weighted by Crippen LogP contribution is -2.46. The lowest BCUT2D eigenvalue weighted by atomic mass is 9.91. The van der Waals surface area contributed by atoms with Crippen LogP contribution in [0.5, 0.6) is 0 Å². The molecule has 2 amide bonds. The van der Waals surface area contributed by atoms with Crippen LogP contribution in [0.4, 0.5) is 0 Å². The monoisotopic (exact) mass is 320 g/mol. The van der Waals surface area contributed by atoms with E-state index in [0.29, 0.717) is 19.5 Å². The number of carbonyl (C=O) groups excluding carboxylic acids is 2. The molecule has 1 atom stereocenters. The fourth-order valence-electron chi connectivity index (χ4n) is 2.91. The molecule has 6 heteroatoms. The molecule has 0 radical (unpaired) electrons. The van der Waals surface area contributed by atoms with Crippen LogP contribution >= 0.6 is 0 Å². The van der Waals surface area contributed by atoms with Crippen molar-refractivity contribution in [1.82, 2.24) is 20.0 Å². The van der Waals surface area contributed by atoms with Crippen LogP contribution in [0.25, 0.3) is 0 Å². The van der Waals surface area contributed by atoms with E-state index in [9.17, 15) is 9.59 Å². The first kappa shape index (κ1) is 17.5. The van der Waals surface area contributed by atoms with Crippen molar-refractivity contribution in [1.29, 1.82) is 0 Å². The third-order valence-electron chi connectivity index (χ3n) is 4.35. The van der Waals surface area contributed by atoms with Crippen LogP contribution in [-0.4, -0.2) is 39.1 Å². The topological polar surface area (TPSA) is 67.2 Å². The van der Waals surface area contributed by atoms with E-state index >= 15 is 0 Å². The van der Waals surface area contributed by atoms with Gasteiger partial charge in [-0.3, -0.25) is 14.3 Å². The molecule has 0 aromatic carbocycles. The molecule has 2 heterocycles. The van der Waals surface area contributed by atoms with Gasteiger partial charge in [0.15, 0.2) is 0 Å². The molecule has 1 unspecified atom stereocenters. The van der Waals surface area contributed by atoms with E-state index < -0.39 is 0 Å². The van der Waals surface area contributed by atoms with Crippen LogP contribution in [0.15, 0.2) is 6.20 Å². The van der Waals surface area contributed by atoms with Gasteiger partial charge in [0, 0.05) is 37.8 Å². The second-order valence-corrected chi connectivity index (χ2v) is 7.58. The molecule has 0 bridgehead atoms. The van der Waals surface area contributed by atoms with Gasteiger partial charge in [0.1, 0.15) is 6.04 Å². The Labute approximate surface area is 138 Å².